The van der Waals surface area contributed by atoms with E-state index in [1.165, 1.54) is 12.1 Å². The Bertz CT molecular complexity index is 507. The number of ether oxygens (including phenoxy) is 1. The molecular weight excluding hydrogens is 357 g/mol. The highest BCUT2D eigenvalue weighted by atomic mass is 79.9. The third-order valence-corrected chi connectivity index (χ3v) is 2.91. The summed E-state index contributed by atoms with van der Waals surface area (Å²) in [6, 6.07) is 2.72. The molecule has 0 unspecified atom stereocenters. The molecule has 0 radical (unpaired) electrons. The second kappa shape index (κ2) is 6.69. The number of nitrogens with one attached hydrogen (secondary N) is 1. The maximum Gasteiger partial charge on any atom is 0.387 e. The normalized spacial score (nSPS) is 11.6. The summed E-state index contributed by atoms with van der Waals surface area (Å²) in [6.07, 6.45) is 0.0191. The van der Waals surface area contributed by atoms with Gasteiger partial charge in [0.2, 0.25) is 5.91 Å². The van der Waals surface area contributed by atoms with Crippen LogP contribution < -0.4 is 15.8 Å². The highest BCUT2D eigenvalue weighted by molar-refractivity contribution is 9.10. The molecule has 0 aliphatic heterocycles. The molecule has 0 aliphatic rings. The Morgan fingerprint density at radius 3 is 2.65 bits per heavy atom. The third kappa shape index (κ3) is 5.60. The van der Waals surface area contributed by atoms with Crippen LogP contribution in [0, 0.1) is 0 Å². The summed E-state index contributed by atoms with van der Waals surface area (Å²) in [5.74, 6) is -0.613. The summed E-state index contributed by atoms with van der Waals surface area (Å²) >= 11 is 8.89. The summed E-state index contributed by atoms with van der Waals surface area (Å²) in [6.45, 7) is 0.336. The highest BCUT2D eigenvalue weighted by Crippen LogP contribution is 2.37. The molecule has 0 spiro atoms. The Morgan fingerprint density at radius 2 is 2.15 bits per heavy atom. The van der Waals surface area contributed by atoms with Gasteiger partial charge in [0, 0.05) is 17.0 Å². The second-order valence-electron chi connectivity index (χ2n) is 4.86. The van der Waals surface area contributed by atoms with Crippen molar-refractivity contribution in [2.75, 3.05) is 5.32 Å². The van der Waals surface area contributed by atoms with Crippen LogP contribution in [0.2, 0.25) is 5.02 Å². The van der Waals surface area contributed by atoms with Gasteiger partial charge in [-0.25, -0.2) is 0 Å². The summed E-state index contributed by atoms with van der Waals surface area (Å²) in [5.41, 5.74) is 5.06. The zero-order valence-electron chi connectivity index (χ0n) is 10.8. The SMILES string of the molecule is CC(C)(N)CC(=O)Nc1cc(Cl)cc(Br)c1OC(F)F. The van der Waals surface area contributed by atoms with Gasteiger partial charge in [-0.3, -0.25) is 4.79 Å². The van der Waals surface area contributed by atoms with Crippen LogP contribution in [0.25, 0.3) is 0 Å². The van der Waals surface area contributed by atoms with Crippen LogP contribution >= 0.6 is 27.5 Å². The molecule has 4 nitrogen and oxygen atoms in total. The second-order valence-corrected chi connectivity index (χ2v) is 6.15. The van der Waals surface area contributed by atoms with Gasteiger partial charge in [0.25, 0.3) is 0 Å². The quantitative estimate of drug-likeness (QED) is 0.828. The molecule has 0 saturated heterocycles. The average molecular weight is 372 g/mol. The summed E-state index contributed by atoms with van der Waals surface area (Å²) in [5, 5.41) is 2.73. The first kappa shape index (κ1) is 17.1. The molecule has 0 atom stereocenters. The van der Waals surface area contributed by atoms with Gasteiger partial charge in [-0.15, -0.1) is 0 Å². The van der Waals surface area contributed by atoms with Gasteiger partial charge in [-0.1, -0.05) is 11.6 Å². The van der Waals surface area contributed by atoms with Gasteiger partial charge in [-0.2, -0.15) is 8.78 Å². The number of hydrogen-bond acceptors (Lipinski definition) is 3. The number of alkyl halides is 2. The maximum absolute atomic E-state index is 12.4. The molecule has 0 bridgehead atoms. The van der Waals surface area contributed by atoms with Crippen molar-refractivity contribution in [2.24, 2.45) is 5.73 Å². The fraction of sp³-hybridized carbons (Fsp3) is 0.417. The average Bonchev–Trinajstić information content (AvgIpc) is 2.19. The van der Waals surface area contributed by atoms with Crippen molar-refractivity contribution in [3.8, 4) is 5.75 Å². The van der Waals surface area contributed by atoms with E-state index in [1.54, 1.807) is 13.8 Å². The standard InChI is InChI=1S/C12H14BrClF2N2O2/c1-12(2,17)5-9(19)18-8-4-6(14)3-7(13)10(8)20-11(15)16/h3-4,11H,5,17H2,1-2H3,(H,18,19). The zero-order chi connectivity index (χ0) is 15.5. The number of nitrogens with two attached hydrogens (primary N) is 1. The number of benzene rings is 1. The zero-order valence-corrected chi connectivity index (χ0v) is 13.2. The van der Waals surface area contributed by atoms with Crippen molar-refractivity contribution in [1.29, 1.82) is 0 Å². The van der Waals surface area contributed by atoms with Crippen LogP contribution in [0.5, 0.6) is 5.75 Å². The Balaban J connectivity index is 3.01. The molecular formula is C12H14BrClF2N2O2. The number of carbonyl (C=O) groups excluding carboxylic acids is 1. The topological polar surface area (TPSA) is 64.4 Å². The van der Waals surface area contributed by atoms with Gasteiger partial charge in [0.1, 0.15) is 0 Å². The van der Waals surface area contributed by atoms with Crippen LogP contribution in [-0.4, -0.2) is 18.1 Å². The largest absolute Gasteiger partial charge is 0.431 e. The Kier molecular flexibility index (Phi) is 5.73. The smallest absolute Gasteiger partial charge is 0.387 e. The fourth-order valence-electron chi connectivity index (χ4n) is 1.47. The van der Waals surface area contributed by atoms with Gasteiger partial charge < -0.3 is 15.8 Å². The molecule has 1 aromatic carbocycles. The number of anilines is 1. The lowest BCUT2D eigenvalue weighted by molar-refractivity contribution is -0.117. The van der Waals surface area contributed by atoms with Crippen LogP contribution in [0.4, 0.5) is 14.5 Å². The van der Waals surface area contributed by atoms with Crippen LogP contribution in [0.15, 0.2) is 16.6 Å². The van der Waals surface area contributed by atoms with E-state index in [0.29, 0.717) is 0 Å². The van der Waals surface area contributed by atoms with Crippen LogP contribution in [0.3, 0.4) is 0 Å². The van der Waals surface area contributed by atoms with E-state index in [1.807, 2.05) is 0 Å². The van der Waals surface area contributed by atoms with Crippen molar-refractivity contribution in [2.45, 2.75) is 32.4 Å². The van der Waals surface area contributed by atoms with E-state index in [2.05, 4.69) is 26.0 Å². The van der Waals surface area contributed by atoms with E-state index in [9.17, 15) is 13.6 Å². The van der Waals surface area contributed by atoms with E-state index in [-0.39, 0.29) is 27.4 Å². The molecule has 8 heteroatoms. The predicted molar refractivity (Wildman–Crippen MR) is 77.3 cm³/mol. The van der Waals surface area contributed by atoms with Crippen molar-refractivity contribution < 1.29 is 18.3 Å². The molecule has 0 saturated carbocycles. The van der Waals surface area contributed by atoms with Crippen molar-refractivity contribution in [1.82, 2.24) is 0 Å². The minimum Gasteiger partial charge on any atom is -0.431 e. The van der Waals surface area contributed by atoms with Gasteiger partial charge >= 0.3 is 6.61 Å². The molecule has 112 valence electrons. The minimum absolute atomic E-state index is 0.0191. The van der Waals surface area contributed by atoms with E-state index in [0.717, 1.165) is 0 Å². The first-order valence-corrected chi connectivity index (χ1v) is 6.78. The van der Waals surface area contributed by atoms with E-state index in [4.69, 9.17) is 17.3 Å². The molecule has 0 aromatic heterocycles. The number of amides is 1. The first-order chi connectivity index (χ1) is 9.08. The Hall–Kier alpha value is -0.920. The lowest BCUT2D eigenvalue weighted by atomic mass is 10.0. The minimum atomic E-state index is -3.02. The summed E-state index contributed by atoms with van der Waals surface area (Å²) < 4.78 is 29.4. The number of halogens is 4. The first-order valence-electron chi connectivity index (χ1n) is 5.61. The molecule has 1 amide bonds. The lowest BCUT2D eigenvalue weighted by Gasteiger charge is -2.19. The van der Waals surface area contributed by atoms with E-state index < -0.39 is 18.1 Å². The molecule has 1 aromatic rings. The third-order valence-electron chi connectivity index (χ3n) is 2.11. The van der Waals surface area contributed by atoms with Gasteiger partial charge in [-0.05, 0) is 41.9 Å². The van der Waals surface area contributed by atoms with Gasteiger partial charge in [0.15, 0.2) is 5.75 Å². The van der Waals surface area contributed by atoms with Crippen molar-refractivity contribution in [3.63, 3.8) is 0 Å². The number of hydrogen-bond donors (Lipinski definition) is 2. The highest BCUT2D eigenvalue weighted by Gasteiger charge is 2.20. The lowest BCUT2D eigenvalue weighted by Crippen LogP contribution is -2.36. The predicted octanol–water partition coefficient (Wildman–Crippen LogP) is 3.77. The van der Waals surface area contributed by atoms with Gasteiger partial charge in [0.05, 0.1) is 10.2 Å². The summed E-state index contributed by atoms with van der Waals surface area (Å²) in [7, 11) is 0. The molecule has 0 fully saturated rings. The molecule has 1 rings (SSSR count). The van der Waals surface area contributed by atoms with E-state index >= 15 is 0 Å². The summed E-state index contributed by atoms with van der Waals surface area (Å²) in [4.78, 5) is 11.8. The van der Waals surface area contributed by atoms with Crippen molar-refractivity contribution in [3.05, 3.63) is 21.6 Å². The molecule has 0 aliphatic carbocycles. The fourth-order valence-corrected chi connectivity index (χ4v) is 2.37. The Morgan fingerprint density at radius 1 is 1.55 bits per heavy atom. The monoisotopic (exact) mass is 370 g/mol. The Labute approximate surface area is 128 Å². The maximum atomic E-state index is 12.4. The van der Waals surface area contributed by atoms with Crippen LogP contribution in [-0.2, 0) is 4.79 Å². The van der Waals surface area contributed by atoms with Crippen molar-refractivity contribution >= 4 is 39.1 Å². The molecule has 3 N–H and O–H groups in total. The molecule has 0 heterocycles. The molecule has 20 heavy (non-hydrogen) atoms. The number of rotatable bonds is 5. The van der Waals surface area contributed by atoms with Crippen LogP contribution in [0.1, 0.15) is 20.3 Å². The number of carbonyl (C=O) groups is 1.